The van der Waals surface area contributed by atoms with Gasteiger partial charge in [-0.3, -0.25) is 0 Å². The van der Waals surface area contributed by atoms with E-state index >= 15 is 4.39 Å². The Kier molecular flexibility index (Phi) is 9.20. The largest absolute Gasteiger partial charge is 0.207 e. The quantitative estimate of drug-likeness (QED) is 0.241. The van der Waals surface area contributed by atoms with Gasteiger partial charge < -0.3 is 0 Å². The van der Waals surface area contributed by atoms with Crippen LogP contribution in [0.25, 0.3) is 10.8 Å². The van der Waals surface area contributed by atoms with Crippen molar-refractivity contribution in [2.75, 3.05) is 0 Å². The molecule has 0 heterocycles. The standard InChI is InChI=1S/C32H44F2/c1-3-5-7-8-10-11-23-13-14-25-20-26(16-15-24(25)19-23)27-17-18-29-28(21-27)22-31(33)30(32(29)34)12-9-6-4-2/h4,6,17-18,21-26H,3,5,7-16,19-20H2,1-2H3. The fourth-order valence-corrected chi connectivity index (χ4v) is 6.86. The Balaban J connectivity index is 1.37. The van der Waals surface area contributed by atoms with E-state index in [0.29, 0.717) is 24.1 Å². The molecule has 4 rings (SSSR count). The number of unbranched alkanes of at least 4 members (excludes halogenated alkanes) is 4. The van der Waals surface area contributed by atoms with Gasteiger partial charge in [0.1, 0.15) is 11.6 Å². The van der Waals surface area contributed by atoms with Crippen molar-refractivity contribution < 1.29 is 8.78 Å². The van der Waals surface area contributed by atoms with Crippen LogP contribution < -0.4 is 0 Å². The second-order valence-electron chi connectivity index (χ2n) is 11.2. The Hall–Kier alpha value is -1.70. The molecule has 4 unspecified atom stereocenters. The minimum Gasteiger partial charge on any atom is -0.207 e. The Morgan fingerprint density at radius 2 is 1.71 bits per heavy atom. The van der Waals surface area contributed by atoms with Gasteiger partial charge in [-0.2, -0.15) is 0 Å². The lowest BCUT2D eigenvalue weighted by Gasteiger charge is -2.42. The summed E-state index contributed by atoms with van der Waals surface area (Å²) in [5.41, 5.74) is 1.51. The minimum atomic E-state index is -0.400. The molecule has 2 saturated carbocycles. The summed E-state index contributed by atoms with van der Waals surface area (Å²) in [6.07, 6.45) is 21.4. The Morgan fingerprint density at radius 3 is 2.53 bits per heavy atom. The molecule has 0 aliphatic heterocycles. The molecule has 0 saturated heterocycles. The first-order valence-electron chi connectivity index (χ1n) is 14.1. The van der Waals surface area contributed by atoms with Crippen LogP contribution in [0.4, 0.5) is 8.78 Å². The topological polar surface area (TPSA) is 0 Å². The van der Waals surface area contributed by atoms with Crippen molar-refractivity contribution in [3.8, 4) is 0 Å². The summed E-state index contributed by atoms with van der Waals surface area (Å²) in [5, 5.41) is 1.28. The summed E-state index contributed by atoms with van der Waals surface area (Å²) in [4.78, 5) is 0. The van der Waals surface area contributed by atoms with E-state index in [-0.39, 0.29) is 11.4 Å². The summed E-state index contributed by atoms with van der Waals surface area (Å²) < 4.78 is 29.8. The second kappa shape index (κ2) is 12.3. The average Bonchev–Trinajstić information content (AvgIpc) is 2.85. The molecule has 0 N–H and O–H groups in total. The molecule has 2 heteroatoms. The molecular weight excluding hydrogens is 422 g/mol. The molecule has 2 fully saturated rings. The van der Waals surface area contributed by atoms with Crippen molar-refractivity contribution in [3.63, 3.8) is 0 Å². The second-order valence-corrected chi connectivity index (χ2v) is 11.2. The molecule has 0 nitrogen and oxygen atoms in total. The third kappa shape index (κ3) is 6.10. The normalized spacial score (nSPS) is 25.2. The highest BCUT2D eigenvalue weighted by Gasteiger charge is 2.35. The van der Waals surface area contributed by atoms with Crippen LogP contribution >= 0.6 is 0 Å². The maximum Gasteiger partial charge on any atom is 0.137 e. The minimum absolute atomic E-state index is 0.223. The van der Waals surface area contributed by atoms with Crippen molar-refractivity contribution in [2.24, 2.45) is 17.8 Å². The first kappa shape index (κ1) is 25.4. The van der Waals surface area contributed by atoms with Gasteiger partial charge in [0.2, 0.25) is 0 Å². The van der Waals surface area contributed by atoms with Gasteiger partial charge in [-0.15, -0.1) is 0 Å². The molecule has 186 valence electrons. The lowest BCUT2D eigenvalue weighted by Crippen LogP contribution is -2.30. The lowest BCUT2D eigenvalue weighted by atomic mass is 9.63. The first-order valence-corrected chi connectivity index (χ1v) is 14.1. The van der Waals surface area contributed by atoms with E-state index in [1.165, 1.54) is 82.6 Å². The van der Waals surface area contributed by atoms with Gasteiger partial charge in [0.25, 0.3) is 0 Å². The zero-order valence-electron chi connectivity index (χ0n) is 21.4. The van der Waals surface area contributed by atoms with Gasteiger partial charge in [-0.25, -0.2) is 8.78 Å². The molecule has 2 aromatic carbocycles. The average molecular weight is 467 g/mol. The van der Waals surface area contributed by atoms with Crippen LogP contribution in [-0.2, 0) is 6.42 Å². The van der Waals surface area contributed by atoms with Gasteiger partial charge in [0.05, 0.1) is 0 Å². The van der Waals surface area contributed by atoms with E-state index in [1.54, 1.807) is 6.07 Å². The molecule has 0 bridgehead atoms. The number of fused-ring (bicyclic) bond motifs is 2. The van der Waals surface area contributed by atoms with E-state index < -0.39 is 5.82 Å². The van der Waals surface area contributed by atoms with Gasteiger partial charge in [-0.1, -0.05) is 82.2 Å². The summed E-state index contributed by atoms with van der Waals surface area (Å²) in [7, 11) is 0. The highest BCUT2D eigenvalue weighted by atomic mass is 19.1. The molecule has 2 aromatic rings. The van der Waals surface area contributed by atoms with Crippen LogP contribution in [0, 0.1) is 29.4 Å². The predicted molar refractivity (Wildman–Crippen MR) is 141 cm³/mol. The number of hydrogen-bond donors (Lipinski definition) is 0. The Bertz CT molecular complexity index is 959. The highest BCUT2D eigenvalue weighted by Crippen LogP contribution is 2.48. The van der Waals surface area contributed by atoms with Crippen molar-refractivity contribution in [2.45, 2.75) is 110 Å². The van der Waals surface area contributed by atoms with E-state index in [0.717, 1.165) is 23.1 Å². The van der Waals surface area contributed by atoms with Crippen LogP contribution in [0.1, 0.15) is 114 Å². The Labute approximate surface area is 206 Å². The maximum absolute atomic E-state index is 15.1. The first-order chi connectivity index (χ1) is 16.6. The SMILES string of the molecule is CC=CCCc1c(F)cc2cc(C3CCC4CC(CCCCCCC)CCC4C3)ccc2c1F. The summed E-state index contributed by atoms with van der Waals surface area (Å²) in [6.45, 7) is 4.22. The number of allylic oxidation sites excluding steroid dienone is 2. The maximum atomic E-state index is 15.1. The molecule has 4 atom stereocenters. The van der Waals surface area contributed by atoms with E-state index in [4.69, 9.17) is 0 Å². The van der Waals surface area contributed by atoms with Gasteiger partial charge in [0, 0.05) is 10.9 Å². The molecule has 0 aromatic heterocycles. The zero-order chi connectivity index (χ0) is 23.9. The number of hydrogen-bond acceptors (Lipinski definition) is 0. The van der Waals surface area contributed by atoms with Crippen LogP contribution in [0.5, 0.6) is 0 Å². The smallest absolute Gasteiger partial charge is 0.137 e. The summed E-state index contributed by atoms with van der Waals surface area (Å²) in [6, 6.07) is 7.65. The van der Waals surface area contributed by atoms with Gasteiger partial charge >= 0.3 is 0 Å². The van der Waals surface area contributed by atoms with Crippen LogP contribution in [0.15, 0.2) is 36.4 Å². The van der Waals surface area contributed by atoms with Crippen molar-refractivity contribution in [1.29, 1.82) is 0 Å². The van der Waals surface area contributed by atoms with Gasteiger partial charge in [-0.05, 0) is 92.6 Å². The fourth-order valence-electron chi connectivity index (χ4n) is 6.86. The van der Waals surface area contributed by atoms with Crippen LogP contribution in [0.3, 0.4) is 0 Å². The van der Waals surface area contributed by atoms with Crippen LogP contribution in [-0.4, -0.2) is 0 Å². The molecule has 2 aliphatic rings. The predicted octanol–water partition coefficient (Wildman–Crippen LogP) is 10.3. The highest BCUT2D eigenvalue weighted by molar-refractivity contribution is 5.85. The molecule has 0 amide bonds. The Morgan fingerprint density at radius 1 is 0.912 bits per heavy atom. The molecule has 34 heavy (non-hydrogen) atoms. The number of rotatable bonds is 10. The van der Waals surface area contributed by atoms with E-state index in [2.05, 4.69) is 19.1 Å². The molecule has 0 radical (unpaired) electrons. The zero-order valence-corrected chi connectivity index (χ0v) is 21.4. The van der Waals surface area contributed by atoms with E-state index in [9.17, 15) is 4.39 Å². The summed E-state index contributed by atoms with van der Waals surface area (Å²) in [5.74, 6) is 2.46. The lowest BCUT2D eigenvalue weighted by molar-refractivity contribution is 0.113. The van der Waals surface area contributed by atoms with Crippen molar-refractivity contribution in [1.82, 2.24) is 0 Å². The summed E-state index contributed by atoms with van der Waals surface area (Å²) >= 11 is 0. The molecule has 0 spiro atoms. The van der Waals surface area contributed by atoms with Crippen molar-refractivity contribution in [3.05, 3.63) is 59.2 Å². The fraction of sp³-hybridized carbons (Fsp3) is 0.625. The van der Waals surface area contributed by atoms with Crippen molar-refractivity contribution >= 4 is 10.8 Å². The molecule has 2 aliphatic carbocycles. The third-order valence-electron chi connectivity index (χ3n) is 8.85. The monoisotopic (exact) mass is 466 g/mol. The number of benzene rings is 2. The third-order valence-corrected chi connectivity index (χ3v) is 8.85. The van der Waals surface area contributed by atoms with Gasteiger partial charge in [0.15, 0.2) is 0 Å². The number of halogens is 2. The van der Waals surface area contributed by atoms with Crippen LogP contribution in [0.2, 0.25) is 0 Å². The molecular formula is C32H44F2. The van der Waals surface area contributed by atoms with E-state index in [1.807, 2.05) is 25.1 Å².